The van der Waals surface area contributed by atoms with Gasteiger partial charge < -0.3 is 9.72 Å². The molecule has 0 radical (unpaired) electrons. The molecule has 0 saturated carbocycles. The highest BCUT2D eigenvalue weighted by atomic mass is 32.1. The van der Waals surface area contributed by atoms with E-state index < -0.39 is 0 Å². The first kappa shape index (κ1) is 13.9. The summed E-state index contributed by atoms with van der Waals surface area (Å²) in [6.45, 7) is 4.89. The van der Waals surface area contributed by atoms with Crippen LogP contribution >= 0.6 is 12.2 Å². The molecular formula is C17H18N2OS. The molecule has 0 amide bonds. The number of rotatable bonds is 4. The molecule has 0 atom stereocenters. The highest BCUT2D eigenvalue weighted by Crippen LogP contribution is 2.28. The molecule has 0 spiro atoms. The van der Waals surface area contributed by atoms with E-state index in [1.54, 1.807) is 0 Å². The summed E-state index contributed by atoms with van der Waals surface area (Å²) in [6, 6.07) is 14.3. The molecule has 0 aliphatic carbocycles. The first-order chi connectivity index (χ1) is 10.2. The maximum Gasteiger partial charge on any atom is 0.182 e. The molecule has 1 heterocycles. The van der Waals surface area contributed by atoms with Gasteiger partial charge in [-0.25, -0.2) is 0 Å². The van der Waals surface area contributed by atoms with Gasteiger partial charge in [-0.15, -0.1) is 0 Å². The average molecular weight is 298 g/mol. The maximum atomic E-state index is 5.81. The summed E-state index contributed by atoms with van der Waals surface area (Å²) in [4.78, 5) is 3.28. The minimum atomic E-state index is 0.687. The van der Waals surface area contributed by atoms with Crippen LogP contribution in [0.2, 0.25) is 0 Å². The topological polar surface area (TPSA) is 29.9 Å². The normalized spacial score (nSPS) is 11.0. The number of benzene rings is 2. The Labute approximate surface area is 129 Å². The van der Waals surface area contributed by atoms with Gasteiger partial charge in [-0.2, -0.15) is 0 Å². The van der Waals surface area contributed by atoms with E-state index in [1.807, 2.05) is 24.3 Å². The van der Waals surface area contributed by atoms with Crippen LogP contribution in [-0.4, -0.2) is 16.2 Å². The fourth-order valence-corrected chi connectivity index (χ4v) is 2.79. The molecule has 3 rings (SSSR count). The van der Waals surface area contributed by atoms with E-state index in [9.17, 15) is 0 Å². The largest absolute Gasteiger partial charge is 0.491 e. The third-order valence-electron chi connectivity index (χ3n) is 3.50. The van der Waals surface area contributed by atoms with E-state index in [-0.39, 0.29) is 0 Å². The van der Waals surface area contributed by atoms with Crippen molar-refractivity contribution in [2.24, 2.45) is 0 Å². The van der Waals surface area contributed by atoms with Crippen LogP contribution in [0.15, 0.2) is 42.5 Å². The molecule has 21 heavy (non-hydrogen) atoms. The zero-order valence-corrected chi connectivity index (χ0v) is 13.0. The summed E-state index contributed by atoms with van der Waals surface area (Å²) in [7, 11) is 0. The maximum absolute atomic E-state index is 5.81. The smallest absolute Gasteiger partial charge is 0.182 e. The van der Waals surface area contributed by atoms with Crippen molar-refractivity contribution < 1.29 is 4.74 Å². The highest BCUT2D eigenvalue weighted by Gasteiger charge is 2.11. The van der Waals surface area contributed by atoms with E-state index in [0.29, 0.717) is 11.4 Å². The number of hydrogen-bond donors (Lipinski definition) is 1. The van der Waals surface area contributed by atoms with Gasteiger partial charge >= 0.3 is 0 Å². The lowest BCUT2D eigenvalue weighted by molar-refractivity contribution is 0.320. The van der Waals surface area contributed by atoms with Gasteiger partial charge in [0.1, 0.15) is 11.3 Å². The summed E-state index contributed by atoms with van der Waals surface area (Å²) < 4.78 is 8.57. The van der Waals surface area contributed by atoms with Gasteiger partial charge in [0.2, 0.25) is 0 Å². The van der Waals surface area contributed by atoms with E-state index in [0.717, 1.165) is 28.9 Å². The second-order valence-electron chi connectivity index (χ2n) is 5.05. The molecule has 108 valence electrons. The van der Waals surface area contributed by atoms with Gasteiger partial charge in [0.25, 0.3) is 0 Å². The molecule has 0 aliphatic rings. The lowest BCUT2D eigenvalue weighted by Gasteiger charge is -2.09. The van der Waals surface area contributed by atoms with Crippen LogP contribution in [0.1, 0.15) is 18.9 Å². The van der Waals surface area contributed by atoms with Crippen molar-refractivity contribution >= 4 is 23.3 Å². The second kappa shape index (κ2) is 5.74. The number of hydrogen-bond acceptors (Lipinski definition) is 2. The molecule has 0 saturated heterocycles. The molecule has 4 heteroatoms. The van der Waals surface area contributed by atoms with Crippen molar-refractivity contribution in [1.29, 1.82) is 0 Å². The van der Waals surface area contributed by atoms with Crippen LogP contribution in [0.5, 0.6) is 5.75 Å². The number of nitrogens with zero attached hydrogens (tertiary/aromatic N) is 1. The number of aryl methyl sites for hydroxylation is 1. The van der Waals surface area contributed by atoms with Gasteiger partial charge in [0.15, 0.2) is 4.77 Å². The van der Waals surface area contributed by atoms with Crippen molar-refractivity contribution in [3.05, 3.63) is 52.8 Å². The number of ether oxygens (including phenoxy) is 1. The van der Waals surface area contributed by atoms with Crippen molar-refractivity contribution in [1.82, 2.24) is 9.55 Å². The van der Waals surface area contributed by atoms with Crippen LogP contribution in [0.4, 0.5) is 0 Å². The second-order valence-corrected chi connectivity index (χ2v) is 5.44. The van der Waals surface area contributed by atoms with Crippen LogP contribution in [-0.2, 0) is 0 Å². The van der Waals surface area contributed by atoms with Gasteiger partial charge in [-0.1, -0.05) is 31.2 Å². The van der Waals surface area contributed by atoms with Crippen molar-refractivity contribution in [2.45, 2.75) is 20.3 Å². The quantitative estimate of drug-likeness (QED) is 0.702. The number of para-hydroxylation sites is 2. The number of H-pyrrole nitrogens is 1. The molecule has 0 fully saturated rings. The standard InChI is InChI=1S/C17H18N2OS/c1-3-11-20-15-10-6-9-14-16(15)18-17(21)19(14)13-8-5-4-7-12(13)2/h4-10H,3,11H2,1-2H3,(H,18,21). The summed E-state index contributed by atoms with van der Waals surface area (Å²) in [5.41, 5.74) is 4.29. The molecule has 1 N–H and O–H groups in total. The lowest BCUT2D eigenvalue weighted by Crippen LogP contribution is -1.97. The van der Waals surface area contributed by atoms with Crippen molar-refractivity contribution in [3.63, 3.8) is 0 Å². The Hall–Kier alpha value is -2.07. The minimum absolute atomic E-state index is 0.687. The van der Waals surface area contributed by atoms with Gasteiger partial charge in [0, 0.05) is 0 Å². The Balaban J connectivity index is 2.23. The molecule has 3 nitrogen and oxygen atoms in total. The number of fused-ring (bicyclic) bond motifs is 1. The number of nitrogens with one attached hydrogen (secondary N) is 1. The lowest BCUT2D eigenvalue weighted by atomic mass is 10.2. The van der Waals surface area contributed by atoms with E-state index in [2.05, 4.69) is 41.6 Å². The summed E-state index contributed by atoms with van der Waals surface area (Å²) in [5, 5.41) is 0. The van der Waals surface area contributed by atoms with Gasteiger partial charge in [0.05, 0.1) is 17.8 Å². The first-order valence-electron chi connectivity index (χ1n) is 7.15. The molecular weight excluding hydrogens is 280 g/mol. The first-order valence-corrected chi connectivity index (χ1v) is 7.55. The average Bonchev–Trinajstić information content (AvgIpc) is 2.82. The van der Waals surface area contributed by atoms with Crippen molar-refractivity contribution in [2.75, 3.05) is 6.61 Å². The van der Waals surface area contributed by atoms with E-state index in [4.69, 9.17) is 17.0 Å². The number of imidazole rings is 1. The SMILES string of the molecule is CCCOc1cccc2c1[nH]c(=S)n2-c1ccccc1C. The summed E-state index contributed by atoms with van der Waals surface area (Å²) in [6.07, 6.45) is 0.982. The monoisotopic (exact) mass is 298 g/mol. The Morgan fingerprint density at radius 3 is 2.71 bits per heavy atom. The van der Waals surface area contributed by atoms with Crippen LogP contribution < -0.4 is 4.74 Å². The molecule has 3 aromatic rings. The zero-order chi connectivity index (χ0) is 14.8. The molecule has 2 aromatic carbocycles. The third kappa shape index (κ3) is 2.47. The Bertz CT molecular complexity index is 832. The summed E-state index contributed by atoms with van der Waals surface area (Å²) in [5.74, 6) is 0.854. The Morgan fingerprint density at radius 1 is 1.14 bits per heavy atom. The highest BCUT2D eigenvalue weighted by molar-refractivity contribution is 7.71. The third-order valence-corrected chi connectivity index (χ3v) is 3.78. The van der Waals surface area contributed by atoms with Crippen LogP contribution in [0, 0.1) is 11.7 Å². The Kier molecular flexibility index (Phi) is 3.80. The minimum Gasteiger partial charge on any atom is -0.491 e. The molecule has 0 unspecified atom stereocenters. The predicted octanol–water partition coefficient (Wildman–Crippen LogP) is 4.79. The fourth-order valence-electron chi connectivity index (χ4n) is 2.49. The number of aromatic amines is 1. The zero-order valence-electron chi connectivity index (χ0n) is 12.2. The fraction of sp³-hybridized carbons (Fsp3) is 0.235. The van der Waals surface area contributed by atoms with Gasteiger partial charge in [-0.3, -0.25) is 4.57 Å². The summed E-state index contributed by atoms with van der Waals surface area (Å²) >= 11 is 5.52. The molecule has 0 bridgehead atoms. The van der Waals surface area contributed by atoms with Gasteiger partial charge in [-0.05, 0) is 49.3 Å². The molecule has 1 aromatic heterocycles. The van der Waals surface area contributed by atoms with E-state index >= 15 is 0 Å². The van der Waals surface area contributed by atoms with Crippen molar-refractivity contribution in [3.8, 4) is 11.4 Å². The van der Waals surface area contributed by atoms with Crippen LogP contribution in [0.25, 0.3) is 16.7 Å². The number of aromatic nitrogens is 2. The predicted molar refractivity (Wildman–Crippen MR) is 89.0 cm³/mol. The van der Waals surface area contributed by atoms with Crippen LogP contribution in [0.3, 0.4) is 0 Å². The van der Waals surface area contributed by atoms with E-state index in [1.165, 1.54) is 5.56 Å². The Morgan fingerprint density at radius 2 is 1.95 bits per heavy atom. The molecule has 0 aliphatic heterocycles.